The third-order valence-electron chi connectivity index (χ3n) is 2.99. The van der Waals surface area contributed by atoms with Crippen LogP contribution < -0.4 is 5.32 Å². The summed E-state index contributed by atoms with van der Waals surface area (Å²) in [5, 5.41) is 4.33. The van der Waals surface area contributed by atoms with Gasteiger partial charge < -0.3 is 5.32 Å². The summed E-state index contributed by atoms with van der Waals surface area (Å²) < 4.78 is 0. The van der Waals surface area contributed by atoms with Crippen molar-refractivity contribution in [3.63, 3.8) is 0 Å². The summed E-state index contributed by atoms with van der Waals surface area (Å²) in [4.78, 5) is 1.23. The van der Waals surface area contributed by atoms with Crippen LogP contribution >= 0.6 is 23.4 Å². The fourth-order valence-electron chi connectivity index (χ4n) is 2.00. The Labute approximate surface area is 130 Å². The third-order valence-corrected chi connectivity index (χ3v) is 4.40. The second-order valence-corrected chi connectivity index (χ2v) is 5.95. The van der Waals surface area contributed by atoms with Crippen molar-refractivity contribution in [3.8, 4) is 0 Å². The van der Waals surface area contributed by atoms with Crippen molar-refractivity contribution < 1.29 is 0 Å². The van der Waals surface area contributed by atoms with Gasteiger partial charge in [-0.3, -0.25) is 0 Å². The smallest absolute Gasteiger partial charge is 0.0500 e. The number of hydrogen-bond acceptors (Lipinski definition) is 2. The van der Waals surface area contributed by atoms with E-state index in [0.717, 1.165) is 22.0 Å². The summed E-state index contributed by atoms with van der Waals surface area (Å²) >= 11 is 8.03. The topological polar surface area (TPSA) is 12.0 Å². The Morgan fingerprint density at radius 3 is 2.65 bits per heavy atom. The maximum absolute atomic E-state index is 6.25. The minimum Gasteiger partial charge on any atom is -0.378 e. The summed E-state index contributed by atoms with van der Waals surface area (Å²) in [6, 6.07) is 16.4. The first kappa shape index (κ1) is 15.0. The lowest BCUT2D eigenvalue weighted by molar-refractivity contribution is 0.880. The highest BCUT2D eigenvalue weighted by Gasteiger charge is 2.10. The van der Waals surface area contributed by atoms with Crippen molar-refractivity contribution in [2.75, 3.05) is 11.1 Å². The number of para-hydroxylation sites is 1. The van der Waals surface area contributed by atoms with E-state index in [-0.39, 0.29) is 6.04 Å². The first-order valence-electron chi connectivity index (χ1n) is 6.56. The average molecular weight is 304 g/mol. The zero-order chi connectivity index (χ0) is 14.4. The number of nitrogens with one attached hydrogen (secondary N) is 1. The summed E-state index contributed by atoms with van der Waals surface area (Å²) in [7, 11) is 0. The summed E-state index contributed by atoms with van der Waals surface area (Å²) in [5.74, 6) is 0.902. The highest BCUT2D eigenvalue weighted by Crippen LogP contribution is 2.31. The number of thioether (sulfide) groups is 1. The first-order valence-corrected chi connectivity index (χ1v) is 7.92. The minimum atomic E-state index is 0.161. The fraction of sp³-hybridized carbons (Fsp3) is 0.176. The van der Waals surface area contributed by atoms with Crippen LogP contribution in [0.15, 0.2) is 66.1 Å². The molecule has 0 amide bonds. The van der Waals surface area contributed by atoms with Gasteiger partial charge in [-0.2, -0.15) is 0 Å². The fourth-order valence-corrected chi connectivity index (χ4v) is 3.05. The van der Waals surface area contributed by atoms with Crippen molar-refractivity contribution in [1.29, 1.82) is 0 Å². The van der Waals surface area contributed by atoms with E-state index in [1.54, 1.807) is 11.8 Å². The molecule has 0 saturated heterocycles. The van der Waals surface area contributed by atoms with E-state index in [9.17, 15) is 0 Å². The van der Waals surface area contributed by atoms with Crippen LogP contribution in [0.25, 0.3) is 0 Å². The Bertz CT molecular complexity index is 583. The molecule has 0 aliphatic heterocycles. The molecule has 0 heterocycles. The van der Waals surface area contributed by atoms with Gasteiger partial charge in [0.25, 0.3) is 0 Å². The molecule has 0 saturated carbocycles. The molecule has 0 radical (unpaired) electrons. The molecule has 1 nitrogen and oxygen atoms in total. The second kappa shape index (κ2) is 7.41. The van der Waals surface area contributed by atoms with Gasteiger partial charge >= 0.3 is 0 Å². The summed E-state index contributed by atoms with van der Waals surface area (Å²) in [5.41, 5.74) is 2.24. The van der Waals surface area contributed by atoms with Gasteiger partial charge in [0, 0.05) is 21.4 Å². The lowest BCUT2D eigenvalue weighted by atomic mass is 10.1. The van der Waals surface area contributed by atoms with Crippen LogP contribution in [0, 0.1) is 0 Å². The van der Waals surface area contributed by atoms with E-state index >= 15 is 0 Å². The molecule has 2 aromatic rings. The van der Waals surface area contributed by atoms with Crippen LogP contribution in [0.1, 0.15) is 18.5 Å². The molecule has 1 N–H and O–H groups in total. The van der Waals surface area contributed by atoms with Crippen LogP contribution in [0.3, 0.4) is 0 Å². The molecule has 1 atom stereocenters. The molecule has 0 aliphatic rings. The van der Waals surface area contributed by atoms with Crippen molar-refractivity contribution in [1.82, 2.24) is 0 Å². The molecule has 0 bridgehead atoms. The molecular formula is C17H18ClNS. The summed E-state index contributed by atoms with van der Waals surface area (Å²) in [6.45, 7) is 5.89. The average Bonchev–Trinajstić information content (AvgIpc) is 2.46. The second-order valence-electron chi connectivity index (χ2n) is 4.48. The number of benzene rings is 2. The minimum absolute atomic E-state index is 0.161. The van der Waals surface area contributed by atoms with Crippen molar-refractivity contribution in [2.24, 2.45) is 0 Å². The molecule has 0 aromatic heterocycles. The molecule has 2 rings (SSSR count). The highest BCUT2D eigenvalue weighted by molar-refractivity contribution is 7.99. The number of hydrogen-bond donors (Lipinski definition) is 1. The van der Waals surface area contributed by atoms with Gasteiger partial charge in [-0.05, 0) is 30.7 Å². The molecule has 2 aromatic carbocycles. The van der Waals surface area contributed by atoms with E-state index in [1.807, 2.05) is 30.3 Å². The number of anilines is 1. The Balaban J connectivity index is 2.17. The SMILES string of the molecule is C=CCSc1ccccc1NC(C)c1ccccc1Cl. The molecule has 104 valence electrons. The predicted octanol–water partition coefficient (Wildman–Crippen LogP) is 5.79. The monoisotopic (exact) mass is 303 g/mol. The van der Waals surface area contributed by atoms with Crippen LogP contribution in [-0.4, -0.2) is 5.75 Å². The quantitative estimate of drug-likeness (QED) is 0.535. The molecule has 0 aliphatic carbocycles. The number of halogens is 1. The van der Waals surface area contributed by atoms with E-state index in [1.165, 1.54) is 4.90 Å². The van der Waals surface area contributed by atoms with Gasteiger partial charge in [0.2, 0.25) is 0 Å². The molecule has 20 heavy (non-hydrogen) atoms. The van der Waals surface area contributed by atoms with Gasteiger partial charge in [0.1, 0.15) is 0 Å². The zero-order valence-corrected chi connectivity index (χ0v) is 13.0. The van der Waals surface area contributed by atoms with E-state index in [2.05, 4.69) is 43.1 Å². The van der Waals surface area contributed by atoms with Gasteiger partial charge in [-0.15, -0.1) is 18.3 Å². The molecule has 3 heteroatoms. The Kier molecular flexibility index (Phi) is 5.57. The van der Waals surface area contributed by atoms with E-state index in [4.69, 9.17) is 11.6 Å². The maximum Gasteiger partial charge on any atom is 0.0500 e. The van der Waals surface area contributed by atoms with E-state index in [0.29, 0.717) is 0 Å². The third kappa shape index (κ3) is 3.81. The van der Waals surface area contributed by atoms with Gasteiger partial charge in [-0.25, -0.2) is 0 Å². The van der Waals surface area contributed by atoms with Crippen LogP contribution in [0.4, 0.5) is 5.69 Å². The highest BCUT2D eigenvalue weighted by atomic mass is 35.5. The van der Waals surface area contributed by atoms with Gasteiger partial charge in [-0.1, -0.05) is 48.0 Å². The largest absolute Gasteiger partial charge is 0.378 e. The lowest BCUT2D eigenvalue weighted by Gasteiger charge is -2.19. The first-order chi connectivity index (χ1) is 9.72. The molecule has 1 unspecified atom stereocenters. The molecule has 0 spiro atoms. The van der Waals surface area contributed by atoms with Crippen LogP contribution in [0.2, 0.25) is 5.02 Å². The maximum atomic E-state index is 6.25. The summed E-state index contributed by atoms with van der Waals surface area (Å²) in [6.07, 6.45) is 1.92. The van der Waals surface area contributed by atoms with Gasteiger partial charge in [0.05, 0.1) is 6.04 Å². The standard InChI is InChI=1S/C17H18ClNS/c1-3-12-20-17-11-7-6-10-16(17)19-13(2)14-8-4-5-9-15(14)18/h3-11,13,19H,1,12H2,2H3. The van der Waals surface area contributed by atoms with Crippen LogP contribution in [-0.2, 0) is 0 Å². The Morgan fingerprint density at radius 1 is 1.20 bits per heavy atom. The molecule has 0 fully saturated rings. The Hall–Kier alpha value is -1.38. The zero-order valence-electron chi connectivity index (χ0n) is 11.5. The lowest BCUT2D eigenvalue weighted by Crippen LogP contribution is -2.07. The van der Waals surface area contributed by atoms with Gasteiger partial charge in [0.15, 0.2) is 0 Å². The molecular weight excluding hydrogens is 286 g/mol. The van der Waals surface area contributed by atoms with Crippen molar-refractivity contribution in [3.05, 3.63) is 71.8 Å². The van der Waals surface area contributed by atoms with E-state index < -0.39 is 0 Å². The van der Waals surface area contributed by atoms with Crippen molar-refractivity contribution >= 4 is 29.1 Å². The van der Waals surface area contributed by atoms with Crippen molar-refractivity contribution in [2.45, 2.75) is 17.9 Å². The number of rotatable bonds is 6. The van der Waals surface area contributed by atoms with Crippen LogP contribution in [0.5, 0.6) is 0 Å². The predicted molar refractivity (Wildman–Crippen MR) is 90.9 cm³/mol. The normalized spacial score (nSPS) is 11.9. The Morgan fingerprint density at radius 2 is 1.90 bits per heavy atom.